The van der Waals surface area contributed by atoms with Gasteiger partial charge in [-0.2, -0.15) is 4.57 Å². The molecule has 0 aliphatic carbocycles. The van der Waals surface area contributed by atoms with E-state index in [1.54, 1.807) is 0 Å². The quantitative estimate of drug-likeness (QED) is 0.273. The number of aryl methyl sites for hydroxylation is 1. The van der Waals surface area contributed by atoms with E-state index in [1.165, 1.54) is 39.2 Å². The van der Waals surface area contributed by atoms with E-state index < -0.39 is 0 Å². The number of nitrogens with zero attached hydrogens (tertiary/aromatic N) is 2. The number of hydrogen-bond donors (Lipinski definition) is 0. The van der Waals surface area contributed by atoms with Crippen LogP contribution in [0.2, 0.25) is 0 Å². The molecule has 1 heterocycles. The highest BCUT2D eigenvalue weighted by atomic mass is 79.9. The number of aromatic nitrogens is 1. The normalized spacial score (nSPS) is 11.2. The summed E-state index contributed by atoms with van der Waals surface area (Å²) in [4.78, 5) is 2.11. The molecule has 1 aromatic heterocycles. The molecule has 160 valence electrons. The number of pyridine rings is 1. The standard InChI is InChI=1S/C29H28BrN2/c1-21-5-10-23(11-6-21)25-19-28(18-9-22-7-16-27(17-8-22)31(2)3)32(4)29(20-25)24-12-14-26(30)15-13-24/h5-20H,1-4H3/q+1. The largest absolute Gasteiger partial charge is 0.378 e. The molecule has 0 bridgehead atoms. The van der Waals surface area contributed by atoms with Crippen LogP contribution < -0.4 is 9.47 Å². The van der Waals surface area contributed by atoms with Gasteiger partial charge in [0.05, 0.1) is 0 Å². The van der Waals surface area contributed by atoms with Gasteiger partial charge in [-0.3, -0.25) is 0 Å². The molecule has 3 aromatic carbocycles. The average molecular weight is 484 g/mol. The molecule has 0 amide bonds. The molecular weight excluding hydrogens is 456 g/mol. The fraction of sp³-hybridized carbons (Fsp3) is 0.138. The van der Waals surface area contributed by atoms with Crippen LogP contribution in [0.5, 0.6) is 0 Å². The monoisotopic (exact) mass is 483 g/mol. The van der Waals surface area contributed by atoms with Gasteiger partial charge in [0.2, 0.25) is 11.4 Å². The third-order valence-electron chi connectivity index (χ3n) is 5.73. The molecule has 0 N–H and O–H groups in total. The Morgan fingerprint density at radius 1 is 0.719 bits per heavy atom. The highest BCUT2D eigenvalue weighted by Crippen LogP contribution is 2.27. The van der Waals surface area contributed by atoms with Gasteiger partial charge in [-0.1, -0.05) is 57.9 Å². The van der Waals surface area contributed by atoms with Gasteiger partial charge in [-0.15, -0.1) is 0 Å². The summed E-state index contributed by atoms with van der Waals surface area (Å²) in [7, 11) is 6.25. The minimum atomic E-state index is 1.08. The third-order valence-corrected chi connectivity index (χ3v) is 6.25. The molecule has 4 aromatic rings. The lowest BCUT2D eigenvalue weighted by atomic mass is 10.0. The maximum atomic E-state index is 3.55. The van der Waals surface area contributed by atoms with E-state index in [-0.39, 0.29) is 0 Å². The SMILES string of the molecule is Cc1ccc(-c2cc(/C=C/c3ccc(N(C)C)cc3)[n+](C)c(-c3ccc(Br)cc3)c2)cc1. The second kappa shape index (κ2) is 9.54. The van der Waals surface area contributed by atoms with Crippen molar-refractivity contribution >= 4 is 33.8 Å². The summed E-state index contributed by atoms with van der Waals surface area (Å²) >= 11 is 3.55. The fourth-order valence-electron chi connectivity index (χ4n) is 3.72. The molecule has 0 unspecified atom stereocenters. The summed E-state index contributed by atoms with van der Waals surface area (Å²) in [6, 6.07) is 30.4. The number of rotatable bonds is 5. The molecule has 2 nitrogen and oxygen atoms in total. The zero-order valence-corrected chi connectivity index (χ0v) is 20.6. The first-order valence-corrected chi connectivity index (χ1v) is 11.5. The Morgan fingerprint density at radius 3 is 1.97 bits per heavy atom. The minimum absolute atomic E-state index is 1.08. The summed E-state index contributed by atoms with van der Waals surface area (Å²) < 4.78 is 3.34. The van der Waals surface area contributed by atoms with Crippen LogP contribution in [0.15, 0.2) is 89.4 Å². The summed E-state index contributed by atoms with van der Waals surface area (Å²) in [5.74, 6) is 0. The van der Waals surface area contributed by atoms with Crippen LogP contribution in [-0.4, -0.2) is 14.1 Å². The molecule has 0 fully saturated rings. The van der Waals surface area contributed by atoms with Gasteiger partial charge in [0.15, 0.2) is 0 Å². The molecule has 0 atom stereocenters. The van der Waals surface area contributed by atoms with Crippen LogP contribution >= 0.6 is 15.9 Å². The maximum absolute atomic E-state index is 3.55. The van der Waals surface area contributed by atoms with Crippen LogP contribution in [0.25, 0.3) is 34.5 Å². The lowest BCUT2D eigenvalue weighted by Gasteiger charge is -2.11. The van der Waals surface area contributed by atoms with Gasteiger partial charge in [0.1, 0.15) is 7.05 Å². The van der Waals surface area contributed by atoms with Crippen LogP contribution in [0, 0.1) is 6.92 Å². The Hall–Kier alpha value is -3.17. The van der Waals surface area contributed by atoms with Gasteiger partial charge < -0.3 is 4.90 Å². The van der Waals surface area contributed by atoms with E-state index >= 15 is 0 Å². The molecule has 0 saturated heterocycles. The summed E-state index contributed by atoms with van der Waals surface area (Å²) in [5.41, 5.74) is 9.60. The zero-order chi connectivity index (χ0) is 22.7. The lowest BCUT2D eigenvalue weighted by molar-refractivity contribution is -0.662. The average Bonchev–Trinajstić information content (AvgIpc) is 2.80. The molecule has 0 radical (unpaired) electrons. The third kappa shape index (κ3) is 5.00. The first-order valence-electron chi connectivity index (χ1n) is 10.7. The summed E-state index contributed by atoms with van der Waals surface area (Å²) in [6.45, 7) is 2.12. The Labute approximate surface area is 199 Å². The first-order chi connectivity index (χ1) is 15.4. The van der Waals surface area contributed by atoms with Crippen LogP contribution in [0.4, 0.5) is 5.69 Å². The Morgan fingerprint density at radius 2 is 1.34 bits per heavy atom. The van der Waals surface area contributed by atoms with Crippen LogP contribution in [0.3, 0.4) is 0 Å². The van der Waals surface area contributed by atoms with E-state index in [0.717, 1.165) is 10.2 Å². The van der Waals surface area contributed by atoms with Crippen LogP contribution in [0.1, 0.15) is 16.8 Å². The Kier molecular flexibility index (Phi) is 6.57. The van der Waals surface area contributed by atoms with Gasteiger partial charge in [-0.05, 0) is 66.1 Å². The molecule has 0 aliphatic heterocycles. The van der Waals surface area contributed by atoms with E-state index in [2.05, 4.69) is 151 Å². The second-order valence-electron chi connectivity index (χ2n) is 8.31. The van der Waals surface area contributed by atoms with Crippen molar-refractivity contribution < 1.29 is 4.57 Å². The fourth-order valence-corrected chi connectivity index (χ4v) is 3.98. The van der Waals surface area contributed by atoms with E-state index in [0.29, 0.717) is 0 Å². The Bertz CT molecular complexity index is 1240. The van der Waals surface area contributed by atoms with Crippen molar-refractivity contribution in [1.82, 2.24) is 0 Å². The Balaban J connectivity index is 1.79. The maximum Gasteiger partial charge on any atom is 0.213 e. The molecule has 32 heavy (non-hydrogen) atoms. The summed E-state index contributed by atoms with van der Waals surface area (Å²) in [5, 5.41) is 0. The van der Waals surface area contributed by atoms with Crippen LogP contribution in [-0.2, 0) is 7.05 Å². The van der Waals surface area contributed by atoms with Crippen molar-refractivity contribution in [2.75, 3.05) is 19.0 Å². The molecular formula is C29H28BrN2+. The van der Waals surface area contributed by atoms with Crippen molar-refractivity contribution in [1.29, 1.82) is 0 Å². The van der Waals surface area contributed by atoms with Crippen molar-refractivity contribution in [2.45, 2.75) is 6.92 Å². The van der Waals surface area contributed by atoms with Gasteiger partial charge in [0, 0.05) is 48.0 Å². The van der Waals surface area contributed by atoms with Gasteiger partial charge in [-0.25, -0.2) is 0 Å². The van der Waals surface area contributed by atoms with Crippen molar-refractivity contribution in [3.8, 4) is 22.4 Å². The highest BCUT2D eigenvalue weighted by Gasteiger charge is 2.16. The van der Waals surface area contributed by atoms with Crippen molar-refractivity contribution in [2.24, 2.45) is 7.05 Å². The second-order valence-corrected chi connectivity index (χ2v) is 9.22. The number of hydrogen-bond acceptors (Lipinski definition) is 1. The molecule has 0 aliphatic rings. The van der Waals surface area contributed by atoms with Crippen molar-refractivity contribution in [3.05, 3.63) is 106 Å². The van der Waals surface area contributed by atoms with E-state index in [1.807, 2.05) is 0 Å². The predicted molar refractivity (Wildman–Crippen MR) is 141 cm³/mol. The number of halogens is 1. The lowest BCUT2D eigenvalue weighted by Crippen LogP contribution is -2.34. The molecule has 0 spiro atoms. The molecule has 3 heteroatoms. The van der Waals surface area contributed by atoms with Crippen molar-refractivity contribution in [3.63, 3.8) is 0 Å². The van der Waals surface area contributed by atoms with Gasteiger partial charge >= 0.3 is 0 Å². The number of anilines is 1. The minimum Gasteiger partial charge on any atom is -0.378 e. The smallest absolute Gasteiger partial charge is 0.213 e. The topological polar surface area (TPSA) is 7.12 Å². The number of benzene rings is 3. The van der Waals surface area contributed by atoms with E-state index in [9.17, 15) is 0 Å². The first kappa shape index (κ1) is 22.0. The zero-order valence-electron chi connectivity index (χ0n) is 19.0. The van der Waals surface area contributed by atoms with E-state index in [4.69, 9.17) is 0 Å². The molecule has 0 saturated carbocycles. The molecule has 4 rings (SSSR count). The summed E-state index contributed by atoms with van der Waals surface area (Å²) in [6.07, 6.45) is 4.38. The highest BCUT2D eigenvalue weighted by molar-refractivity contribution is 9.10. The van der Waals surface area contributed by atoms with Gasteiger partial charge in [0.25, 0.3) is 0 Å². The predicted octanol–water partition coefficient (Wildman–Crippen LogP) is 7.15.